The van der Waals surface area contributed by atoms with Crippen molar-refractivity contribution in [3.05, 3.63) is 52.2 Å². The van der Waals surface area contributed by atoms with E-state index >= 15 is 0 Å². The molecule has 0 aliphatic heterocycles. The summed E-state index contributed by atoms with van der Waals surface area (Å²) >= 11 is 7.50. The minimum absolute atomic E-state index is 0.0926. The first-order valence-electron chi connectivity index (χ1n) is 6.53. The predicted octanol–water partition coefficient (Wildman–Crippen LogP) is 5.51. The number of benzene rings is 1. The highest BCUT2D eigenvalue weighted by Gasteiger charge is 2.23. The van der Waals surface area contributed by atoms with Gasteiger partial charge in [-0.1, -0.05) is 0 Å². The molecule has 0 saturated carbocycles. The fourth-order valence-electron chi connectivity index (χ4n) is 2.62. The predicted molar refractivity (Wildman–Crippen MR) is 97.1 cm³/mol. The fraction of sp³-hybridized carbons (Fsp3) is 0.286. The van der Waals surface area contributed by atoms with E-state index in [1.54, 1.807) is 12.1 Å². The Bertz CT molecular complexity index is 704. The molecule has 1 aromatic heterocycles. The van der Waals surface area contributed by atoms with Crippen LogP contribution in [0, 0.1) is 13.0 Å². The molecule has 1 N–H and O–H groups in total. The van der Waals surface area contributed by atoms with E-state index in [0.717, 1.165) is 18.5 Å². The topological polar surface area (TPSA) is 55.2 Å². The van der Waals surface area contributed by atoms with Gasteiger partial charge in [0.2, 0.25) is 0 Å². The normalized spacial score (nSPS) is 17.3. The second-order valence-corrected chi connectivity index (χ2v) is 8.83. The first-order valence-corrected chi connectivity index (χ1v) is 9.22. The molecule has 1 aliphatic rings. The zero-order valence-corrected chi connectivity index (χ0v) is 15.5. The van der Waals surface area contributed by atoms with E-state index in [2.05, 4.69) is 49.9 Å². The lowest BCUT2D eigenvalue weighted by Gasteiger charge is -2.24. The van der Waals surface area contributed by atoms with Crippen molar-refractivity contribution in [3.63, 3.8) is 0 Å². The van der Waals surface area contributed by atoms with Crippen molar-refractivity contribution >= 4 is 61.2 Å². The molecule has 1 unspecified atom stereocenters. The Morgan fingerprint density at radius 1 is 1.43 bits per heavy atom. The van der Waals surface area contributed by atoms with Crippen molar-refractivity contribution in [3.8, 4) is 0 Å². The molecular formula is C14H12BrIN2O2S. The lowest BCUT2D eigenvalue weighted by molar-refractivity contribution is -0.385. The molecule has 1 heterocycles. The van der Waals surface area contributed by atoms with Gasteiger partial charge in [-0.2, -0.15) is 0 Å². The third-order valence-corrected chi connectivity index (χ3v) is 6.18. The van der Waals surface area contributed by atoms with Gasteiger partial charge in [-0.15, -0.1) is 11.3 Å². The van der Waals surface area contributed by atoms with Crippen molar-refractivity contribution in [2.75, 3.05) is 5.32 Å². The number of anilines is 1. The number of halogens is 2. The number of nitro benzene ring substituents is 1. The summed E-state index contributed by atoms with van der Waals surface area (Å²) in [5.74, 6) is 0. The van der Waals surface area contributed by atoms with Crippen molar-refractivity contribution in [1.29, 1.82) is 0 Å². The summed E-state index contributed by atoms with van der Waals surface area (Å²) in [5, 5.41) is 14.4. The zero-order valence-electron chi connectivity index (χ0n) is 10.9. The Morgan fingerprint density at radius 3 is 2.95 bits per heavy atom. The molecule has 110 valence electrons. The van der Waals surface area contributed by atoms with Crippen LogP contribution in [0.5, 0.6) is 0 Å². The highest BCUT2D eigenvalue weighted by atomic mass is 127. The molecule has 0 amide bonds. The van der Waals surface area contributed by atoms with Crippen LogP contribution in [0.1, 0.15) is 29.3 Å². The highest BCUT2D eigenvalue weighted by molar-refractivity contribution is 14.1. The number of nitro groups is 1. The molecule has 0 saturated heterocycles. The number of nitrogens with zero attached hydrogens (tertiary/aromatic N) is 1. The second-order valence-electron chi connectivity index (χ2n) is 4.94. The van der Waals surface area contributed by atoms with Crippen LogP contribution < -0.4 is 5.32 Å². The summed E-state index contributed by atoms with van der Waals surface area (Å²) in [5.41, 5.74) is 2.38. The van der Waals surface area contributed by atoms with Gasteiger partial charge in [-0.05, 0) is 81.5 Å². The summed E-state index contributed by atoms with van der Waals surface area (Å²) in [7, 11) is 0. The van der Waals surface area contributed by atoms with Gasteiger partial charge >= 0.3 is 0 Å². The highest BCUT2D eigenvalue weighted by Crippen LogP contribution is 2.38. The van der Waals surface area contributed by atoms with E-state index in [0.29, 0.717) is 10.5 Å². The minimum atomic E-state index is -0.381. The molecule has 0 bridgehead atoms. The molecule has 2 aromatic rings. The molecule has 0 radical (unpaired) electrons. The van der Waals surface area contributed by atoms with E-state index in [-0.39, 0.29) is 10.6 Å². The average Bonchev–Trinajstić information content (AvgIpc) is 2.80. The third-order valence-electron chi connectivity index (χ3n) is 3.57. The van der Waals surface area contributed by atoms with E-state index < -0.39 is 0 Å². The number of hydrogen-bond acceptors (Lipinski definition) is 4. The standard InChI is InChI=1S/C14H12BrIN2O2S/c15-10-6-8(4-5-12(10)18(19)20)17-11-2-1-3-13-9(11)7-14(16)21-13/h4-7,11,17H,1-3H2. The first kappa shape index (κ1) is 15.2. The first-order chi connectivity index (χ1) is 10.0. The van der Waals surface area contributed by atoms with Crippen LogP contribution in [0.15, 0.2) is 28.7 Å². The molecular weight excluding hydrogens is 467 g/mol. The Balaban J connectivity index is 1.84. The molecule has 1 aliphatic carbocycles. The SMILES string of the molecule is O=[N+]([O-])c1ccc(NC2CCCc3sc(I)cc32)cc1Br. The maximum Gasteiger partial charge on any atom is 0.283 e. The summed E-state index contributed by atoms with van der Waals surface area (Å²) in [6, 6.07) is 7.63. The van der Waals surface area contributed by atoms with Crippen molar-refractivity contribution in [2.45, 2.75) is 25.3 Å². The average molecular weight is 479 g/mol. The molecule has 21 heavy (non-hydrogen) atoms. The summed E-state index contributed by atoms with van der Waals surface area (Å²) in [6.07, 6.45) is 3.43. The van der Waals surface area contributed by atoms with Gasteiger partial charge in [-0.3, -0.25) is 10.1 Å². The largest absolute Gasteiger partial charge is 0.378 e. The smallest absolute Gasteiger partial charge is 0.283 e. The number of aryl methyl sites for hydroxylation is 1. The van der Waals surface area contributed by atoms with Gasteiger partial charge in [0.1, 0.15) is 0 Å². The third kappa shape index (κ3) is 3.24. The fourth-order valence-corrected chi connectivity index (χ4v) is 5.26. The number of nitrogens with one attached hydrogen (secondary N) is 1. The second kappa shape index (κ2) is 6.21. The van der Waals surface area contributed by atoms with Crippen LogP contribution in [0.25, 0.3) is 0 Å². The maximum absolute atomic E-state index is 10.8. The van der Waals surface area contributed by atoms with Crippen molar-refractivity contribution in [1.82, 2.24) is 0 Å². The monoisotopic (exact) mass is 478 g/mol. The summed E-state index contributed by atoms with van der Waals surface area (Å²) < 4.78 is 1.82. The van der Waals surface area contributed by atoms with Gasteiger partial charge in [-0.25, -0.2) is 0 Å². The number of fused-ring (bicyclic) bond motifs is 1. The van der Waals surface area contributed by atoms with Crippen LogP contribution in [-0.4, -0.2) is 4.92 Å². The van der Waals surface area contributed by atoms with Crippen LogP contribution in [0.2, 0.25) is 0 Å². The zero-order chi connectivity index (χ0) is 15.0. The van der Waals surface area contributed by atoms with Crippen LogP contribution in [-0.2, 0) is 6.42 Å². The molecule has 4 nitrogen and oxygen atoms in total. The van der Waals surface area contributed by atoms with Gasteiger partial charge in [0.25, 0.3) is 5.69 Å². The van der Waals surface area contributed by atoms with E-state index in [1.165, 1.54) is 25.8 Å². The maximum atomic E-state index is 10.8. The molecule has 0 fully saturated rings. The molecule has 1 aromatic carbocycles. The Morgan fingerprint density at radius 2 is 2.24 bits per heavy atom. The van der Waals surface area contributed by atoms with Crippen LogP contribution in [0.4, 0.5) is 11.4 Å². The summed E-state index contributed by atoms with van der Waals surface area (Å²) in [6.45, 7) is 0. The Labute approximate surface area is 148 Å². The van der Waals surface area contributed by atoms with Crippen LogP contribution >= 0.6 is 49.9 Å². The van der Waals surface area contributed by atoms with Crippen LogP contribution in [0.3, 0.4) is 0 Å². The lowest BCUT2D eigenvalue weighted by atomic mass is 9.94. The van der Waals surface area contributed by atoms with Gasteiger partial charge < -0.3 is 5.32 Å². The number of hydrogen-bond donors (Lipinski definition) is 1. The Hall–Kier alpha value is -0.670. The minimum Gasteiger partial charge on any atom is -0.378 e. The Kier molecular flexibility index (Phi) is 4.51. The summed E-state index contributed by atoms with van der Waals surface area (Å²) in [4.78, 5) is 11.9. The molecule has 7 heteroatoms. The molecule has 1 atom stereocenters. The van der Waals surface area contributed by atoms with E-state index in [9.17, 15) is 10.1 Å². The molecule has 0 spiro atoms. The van der Waals surface area contributed by atoms with Gasteiger partial charge in [0.05, 0.1) is 18.3 Å². The lowest BCUT2D eigenvalue weighted by Crippen LogP contribution is -2.15. The van der Waals surface area contributed by atoms with E-state index in [1.807, 2.05) is 11.3 Å². The van der Waals surface area contributed by atoms with Gasteiger partial charge in [0, 0.05) is 16.6 Å². The quantitative estimate of drug-likeness (QED) is 0.359. The number of rotatable bonds is 3. The van der Waals surface area contributed by atoms with Gasteiger partial charge in [0.15, 0.2) is 0 Å². The van der Waals surface area contributed by atoms with E-state index in [4.69, 9.17) is 0 Å². The molecule has 3 rings (SSSR count). The van der Waals surface area contributed by atoms with Crippen molar-refractivity contribution in [2.24, 2.45) is 0 Å². The number of thiophene rings is 1. The van der Waals surface area contributed by atoms with Crippen molar-refractivity contribution < 1.29 is 4.92 Å².